The molecule has 1 heterocycles. The third kappa shape index (κ3) is 4.37. The van der Waals surface area contributed by atoms with Crippen LogP contribution in [0.1, 0.15) is 17.4 Å². The summed E-state index contributed by atoms with van der Waals surface area (Å²) >= 11 is 5.08. The largest absolute Gasteiger partial charge is 0.383 e. The average Bonchev–Trinajstić information content (AvgIpc) is 2.52. The van der Waals surface area contributed by atoms with Gasteiger partial charge in [0.25, 0.3) is 5.91 Å². The van der Waals surface area contributed by atoms with Crippen molar-refractivity contribution in [3.8, 4) is 0 Å². The topological polar surface area (TPSA) is 75.3 Å². The van der Waals surface area contributed by atoms with Crippen LogP contribution in [0.25, 0.3) is 10.9 Å². The number of hydrazine groups is 1. The van der Waals surface area contributed by atoms with E-state index in [1.807, 2.05) is 37.3 Å². The van der Waals surface area contributed by atoms with Crippen LogP contribution >= 0.6 is 12.2 Å². The van der Waals surface area contributed by atoms with E-state index >= 15 is 0 Å². The first-order chi connectivity index (χ1) is 10.6. The monoisotopic (exact) mass is 318 g/mol. The number of fused-ring (bicyclic) bond motifs is 1. The van der Waals surface area contributed by atoms with Gasteiger partial charge in [0.1, 0.15) is 5.69 Å². The molecule has 1 aromatic heterocycles. The number of hydrogen-bond donors (Lipinski definition) is 3. The molecule has 2 rings (SSSR count). The van der Waals surface area contributed by atoms with Crippen LogP contribution in [0.15, 0.2) is 36.4 Å². The highest BCUT2D eigenvalue weighted by molar-refractivity contribution is 7.80. The second kappa shape index (κ2) is 7.67. The first kappa shape index (κ1) is 16.1. The third-order valence-electron chi connectivity index (χ3n) is 2.91. The number of ether oxygens (including phenoxy) is 1. The summed E-state index contributed by atoms with van der Waals surface area (Å²) in [6.07, 6.45) is 0. The zero-order chi connectivity index (χ0) is 15.9. The number of carbonyl (C=O) groups excluding carboxylic acids is 1. The van der Waals surface area contributed by atoms with Crippen LogP contribution < -0.4 is 16.2 Å². The van der Waals surface area contributed by atoms with E-state index in [4.69, 9.17) is 17.0 Å². The van der Waals surface area contributed by atoms with Gasteiger partial charge in [-0.1, -0.05) is 24.3 Å². The van der Waals surface area contributed by atoms with E-state index in [0.717, 1.165) is 10.9 Å². The second-order valence-corrected chi connectivity index (χ2v) is 5.21. The molecule has 0 saturated heterocycles. The first-order valence-corrected chi connectivity index (χ1v) is 7.22. The number of methoxy groups -OCH3 is 1. The van der Waals surface area contributed by atoms with Crippen molar-refractivity contribution in [1.82, 2.24) is 21.2 Å². The molecule has 0 aliphatic carbocycles. The lowest BCUT2D eigenvalue weighted by atomic mass is 10.2. The molecule has 116 valence electrons. The Hall–Kier alpha value is -2.25. The van der Waals surface area contributed by atoms with E-state index < -0.39 is 0 Å². The predicted octanol–water partition coefficient (Wildman–Crippen LogP) is 1.38. The molecule has 7 heteroatoms. The molecule has 2 aromatic rings. The smallest absolute Gasteiger partial charge is 0.288 e. The summed E-state index contributed by atoms with van der Waals surface area (Å²) in [4.78, 5) is 16.4. The van der Waals surface area contributed by atoms with E-state index in [2.05, 4.69) is 21.2 Å². The number of thiocarbonyl (C=S) groups is 1. The number of nitrogens with one attached hydrogen (secondary N) is 3. The lowest BCUT2D eigenvalue weighted by Crippen LogP contribution is -2.50. The van der Waals surface area contributed by atoms with Gasteiger partial charge in [0, 0.05) is 18.5 Å². The number of benzene rings is 1. The molecule has 22 heavy (non-hydrogen) atoms. The van der Waals surface area contributed by atoms with Gasteiger partial charge in [0.05, 0.1) is 12.1 Å². The molecule has 0 fully saturated rings. The predicted molar refractivity (Wildman–Crippen MR) is 89.4 cm³/mol. The van der Waals surface area contributed by atoms with Gasteiger partial charge in [-0.3, -0.25) is 15.6 Å². The molecule has 6 nitrogen and oxygen atoms in total. The van der Waals surface area contributed by atoms with Crippen LogP contribution in [-0.2, 0) is 4.74 Å². The van der Waals surface area contributed by atoms with Crippen LogP contribution in [-0.4, -0.2) is 35.8 Å². The molecule has 1 amide bonds. The van der Waals surface area contributed by atoms with Crippen molar-refractivity contribution >= 4 is 34.1 Å². The number of aromatic nitrogens is 1. The average molecular weight is 318 g/mol. The van der Waals surface area contributed by atoms with Crippen LogP contribution in [0, 0.1) is 0 Å². The Kier molecular flexibility index (Phi) is 5.62. The Morgan fingerprint density at radius 1 is 1.27 bits per heavy atom. The molecular weight excluding hydrogens is 300 g/mol. The number of rotatable bonds is 4. The molecule has 1 aromatic carbocycles. The normalized spacial score (nSPS) is 11.7. The summed E-state index contributed by atoms with van der Waals surface area (Å²) in [7, 11) is 1.61. The minimum Gasteiger partial charge on any atom is -0.383 e. The minimum absolute atomic E-state index is 0.0423. The maximum Gasteiger partial charge on any atom is 0.288 e. The van der Waals surface area contributed by atoms with E-state index in [1.54, 1.807) is 13.2 Å². The number of nitrogens with zero attached hydrogens (tertiary/aromatic N) is 1. The van der Waals surface area contributed by atoms with Gasteiger partial charge in [-0.05, 0) is 31.3 Å². The Bertz CT molecular complexity index is 677. The van der Waals surface area contributed by atoms with Gasteiger partial charge in [0.2, 0.25) is 0 Å². The van der Waals surface area contributed by atoms with E-state index in [1.165, 1.54) is 0 Å². The summed E-state index contributed by atoms with van der Waals surface area (Å²) in [5, 5.41) is 4.28. The quantitative estimate of drug-likeness (QED) is 0.584. The molecule has 0 aliphatic rings. The molecule has 0 aliphatic heterocycles. The van der Waals surface area contributed by atoms with Gasteiger partial charge in [-0.15, -0.1) is 0 Å². The fourth-order valence-electron chi connectivity index (χ4n) is 1.92. The van der Waals surface area contributed by atoms with Crippen molar-refractivity contribution in [2.45, 2.75) is 13.0 Å². The highest BCUT2D eigenvalue weighted by Crippen LogP contribution is 2.11. The standard InChI is InChI=1S/C15H18N4O2S/c1-10(9-21-2)16-15(22)19-18-14(20)13-8-7-11-5-3-4-6-12(11)17-13/h3-8,10H,9H2,1-2H3,(H,18,20)(H2,16,19,22)/t10-/m1/s1. The SMILES string of the molecule is COC[C@@H](C)NC(=S)NNC(=O)c1ccc2ccccc2n1. The van der Waals surface area contributed by atoms with E-state index in [-0.39, 0.29) is 11.9 Å². The summed E-state index contributed by atoms with van der Waals surface area (Å²) in [5.74, 6) is -0.353. The number of pyridine rings is 1. The van der Waals surface area contributed by atoms with Crippen molar-refractivity contribution in [2.75, 3.05) is 13.7 Å². The second-order valence-electron chi connectivity index (χ2n) is 4.80. The number of amides is 1. The summed E-state index contributed by atoms with van der Waals surface area (Å²) in [6.45, 7) is 2.44. The molecule has 1 atom stereocenters. The van der Waals surface area contributed by atoms with Gasteiger partial charge in [0.15, 0.2) is 5.11 Å². The third-order valence-corrected chi connectivity index (χ3v) is 3.13. The maximum absolute atomic E-state index is 12.1. The summed E-state index contributed by atoms with van der Waals surface area (Å²) in [6, 6.07) is 11.2. The highest BCUT2D eigenvalue weighted by atomic mass is 32.1. The zero-order valence-electron chi connectivity index (χ0n) is 12.4. The molecule has 0 bridgehead atoms. The van der Waals surface area contributed by atoms with Crippen molar-refractivity contribution in [2.24, 2.45) is 0 Å². The van der Waals surface area contributed by atoms with E-state index in [9.17, 15) is 4.79 Å². The fraction of sp³-hybridized carbons (Fsp3) is 0.267. The molecule has 0 spiro atoms. The number of para-hydroxylation sites is 1. The van der Waals surface area contributed by atoms with Crippen molar-refractivity contribution in [1.29, 1.82) is 0 Å². The molecule has 0 radical (unpaired) electrons. The van der Waals surface area contributed by atoms with Gasteiger partial charge >= 0.3 is 0 Å². The van der Waals surface area contributed by atoms with Crippen molar-refractivity contribution < 1.29 is 9.53 Å². The van der Waals surface area contributed by atoms with Gasteiger partial charge in [-0.2, -0.15) is 0 Å². The zero-order valence-corrected chi connectivity index (χ0v) is 13.2. The molecule has 0 saturated carbocycles. The highest BCUT2D eigenvalue weighted by Gasteiger charge is 2.09. The van der Waals surface area contributed by atoms with Gasteiger partial charge in [-0.25, -0.2) is 4.98 Å². The van der Waals surface area contributed by atoms with Crippen LogP contribution in [0.4, 0.5) is 0 Å². The van der Waals surface area contributed by atoms with Gasteiger partial charge < -0.3 is 10.1 Å². The fourth-order valence-corrected chi connectivity index (χ4v) is 2.17. The molecular formula is C15H18N4O2S. The van der Waals surface area contributed by atoms with Crippen LogP contribution in [0.5, 0.6) is 0 Å². The number of hydrogen-bond acceptors (Lipinski definition) is 4. The Morgan fingerprint density at radius 3 is 2.82 bits per heavy atom. The van der Waals surface area contributed by atoms with Crippen LogP contribution in [0.3, 0.4) is 0 Å². The van der Waals surface area contributed by atoms with E-state index in [0.29, 0.717) is 17.4 Å². The Morgan fingerprint density at radius 2 is 2.05 bits per heavy atom. The summed E-state index contributed by atoms with van der Waals surface area (Å²) in [5.41, 5.74) is 6.25. The van der Waals surface area contributed by atoms with Crippen molar-refractivity contribution in [3.63, 3.8) is 0 Å². The lowest BCUT2D eigenvalue weighted by Gasteiger charge is -2.16. The first-order valence-electron chi connectivity index (χ1n) is 6.81. The van der Waals surface area contributed by atoms with Crippen molar-refractivity contribution in [3.05, 3.63) is 42.1 Å². The molecule has 3 N–H and O–H groups in total. The molecule has 0 unspecified atom stereocenters. The lowest BCUT2D eigenvalue weighted by molar-refractivity contribution is 0.0938. The summed E-state index contributed by atoms with van der Waals surface area (Å²) < 4.78 is 4.99. The Labute approximate surface area is 134 Å². The Balaban J connectivity index is 1.92. The maximum atomic E-state index is 12.1. The minimum atomic E-state index is -0.353. The number of carbonyl (C=O) groups is 1. The van der Waals surface area contributed by atoms with Crippen LogP contribution in [0.2, 0.25) is 0 Å².